The molecule has 1 rings (SSSR count). The molecular weight excluding hydrogens is 207 g/mol. The first-order valence-electron chi connectivity index (χ1n) is 5.90. The van der Waals surface area contributed by atoms with Gasteiger partial charge in [-0.2, -0.15) is 0 Å². The molecule has 0 unspecified atom stereocenters. The van der Waals surface area contributed by atoms with Crippen molar-refractivity contribution in [3.05, 3.63) is 0 Å². The first kappa shape index (κ1) is 14.0. The average molecular weight is 230 g/mol. The van der Waals surface area contributed by atoms with E-state index in [1.165, 1.54) is 0 Å². The zero-order valence-corrected chi connectivity index (χ0v) is 10.7. The van der Waals surface area contributed by atoms with Crippen molar-refractivity contribution in [3.63, 3.8) is 0 Å². The molecule has 1 aliphatic rings. The lowest BCUT2D eigenvalue weighted by Crippen LogP contribution is -2.51. The molecule has 0 amide bonds. The standard InChI is InChI=1S/C11H23BO4/c1-10(2,13)11(3,4)16-12(14)9-5-7-15-8-6-9/h9,13-14H,5-8H2,1-4H3. The Morgan fingerprint density at radius 1 is 1.19 bits per heavy atom. The van der Waals surface area contributed by atoms with Crippen molar-refractivity contribution in [1.82, 2.24) is 0 Å². The van der Waals surface area contributed by atoms with E-state index in [2.05, 4.69) is 0 Å². The zero-order valence-electron chi connectivity index (χ0n) is 10.7. The van der Waals surface area contributed by atoms with E-state index in [0.717, 1.165) is 12.8 Å². The monoisotopic (exact) mass is 230 g/mol. The van der Waals surface area contributed by atoms with Crippen LogP contribution in [0.4, 0.5) is 0 Å². The summed E-state index contributed by atoms with van der Waals surface area (Å²) >= 11 is 0. The Kier molecular flexibility index (Phi) is 4.40. The summed E-state index contributed by atoms with van der Waals surface area (Å²) in [5, 5.41) is 19.9. The minimum atomic E-state index is -0.987. The molecule has 1 saturated heterocycles. The molecule has 2 N–H and O–H groups in total. The molecule has 0 aliphatic carbocycles. The van der Waals surface area contributed by atoms with Gasteiger partial charge in [-0.3, -0.25) is 0 Å². The number of aliphatic hydroxyl groups is 1. The summed E-state index contributed by atoms with van der Waals surface area (Å²) in [5.41, 5.74) is -1.76. The Morgan fingerprint density at radius 2 is 1.69 bits per heavy atom. The summed E-state index contributed by atoms with van der Waals surface area (Å²) in [6, 6.07) is 0. The molecule has 0 bridgehead atoms. The van der Waals surface area contributed by atoms with Crippen LogP contribution in [-0.2, 0) is 9.39 Å². The van der Waals surface area contributed by atoms with Crippen LogP contribution in [0.2, 0.25) is 5.82 Å². The van der Waals surface area contributed by atoms with Gasteiger partial charge in [0, 0.05) is 13.2 Å². The van der Waals surface area contributed by atoms with Gasteiger partial charge in [0.1, 0.15) is 0 Å². The Labute approximate surface area is 98.1 Å². The first-order valence-corrected chi connectivity index (χ1v) is 5.90. The smallest absolute Gasteiger partial charge is 0.427 e. The number of hydrogen-bond acceptors (Lipinski definition) is 4. The van der Waals surface area contributed by atoms with Crippen molar-refractivity contribution in [2.45, 2.75) is 57.6 Å². The molecule has 0 saturated carbocycles. The lowest BCUT2D eigenvalue weighted by Gasteiger charge is -2.40. The average Bonchev–Trinajstić information content (AvgIpc) is 2.16. The maximum absolute atomic E-state index is 9.98. The summed E-state index contributed by atoms with van der Waals surface area (Å²) in [5.74, 6) is 0.107. The van der Waals surface area contributed by atoms with Crippen LogP contribution < -0.4 is 0 Å². The predicted molar refractivity (Wildman–Crippen MR) is 63.2 cm³/mol. The maximum Gasteiger partial charge on any atom is 0.458 e. The Balaban J connectivity index is 2.52. The molecule has 0 aromatic carbocycles. The minimum absolute atomic E-state index is 0.107. The Hall–Kier alpha value is -0.0951. The van der Waals surface area contributed by atoms with Crippen molar-refractivity contribution >= 4 is 7.12 Å². The van der Waals surface area contributed by atoms with Gasteiger partial charge in [-0.1, -0.05) is 0 Å². The van der Waals surface area contributed by atoms with E-state index in [-0.39, 0.29) is 5.82 Å². The van der Waals surface area contributed by atoms with Crippen molar-refractivity contribution in [1.29, 1.82) is 0 Å². The van der Waals surface area contributed by atoms with Crippen LogP contribution in [0.5, 0.6) is 0 Å². The highest BCUT2D eigenvalue weighted by Crippen LogP contribution is 2.31. The largest absolute Gasteiger partial charge is 0.458 e. The van der Waals surface area contributed by atoms with Crippen molar-refractivity contribution < 1.29 is 19.5 Å². The van der Waals surface area contributed by atoms with Crippen LogP contribution in [0.25, 0.3) is 0 Å². The molecule has 94 valence electrons. The fraction of sp³-hybridized carbons (Fsp3) is 1.00. The van der Waals surface area contributed by atoms with Crippen LogP contribution in [0, 0.1) is 0 Å². The predicted octanol–water partition coefficient (Wildman–Crippen LogP) is 1.21. The topological polar surface area (TPSA) is 58.9 Å². The summed E-state index contributed by atoms with van der Waals surface area (Å²) in [6.07, 6.45) is 1.62. The van der Waals surface area contributed by atoms with E-state index in [9.17, 15) is 10.1 Å². The van der Waals surface area contributed by atoms with Crippen molar-refractivity contribution in [2.75, 3.05) is 13.2 Å². The van der Waals surface area contributed by atoms with E-state index in [4.69, 9.17) is 9.39 Å². The summed E-state index contributed by atoms with van der Waals surface area (Å²) in [7, 11) is -0.828. The molecule has 16 heavy (non-hydrogen) atoms. The molecule has 0 radical (unpaired) electrons. The molecule has 0 atom stereocenters. The first-order chi connectivity index (χ1) is 7.24. The van der Waals surface area contributed by atoms with Crippen LogP contribution >= 0.6 is 0 Å². The molecule has 5 heteroatoms. The van der Waals surface area contributed by atoms with Gasteiger partial charge in [0.2, 0.25) is 0 Å². The lowest BCUT2D eigenvalue weighted by molar-refractivity contribution is -0.102. The second kappa shape index (κ2) is 5.04. The van der Waals surface area contributed by atoms with Crippen molar-refractivity contribution in [3.8, 4) is 0 Å². The van der Waals surface area contributed by atoms with E-state index >= 15 is 0 Å². The van der Waals surface area contributed by atoms with E-state index in [1.807, 2.05) is 0 Å². The molecule has 1 fully saturated rings. The Morgan fingerprint density at radius 3 is 2.12 bits per heavy atom. The van der Waals surface area contributed by atoms with Crippen LogP contribution in [0.15, 0.2) is 0 Å². The fourth-order valence-corrected chi connectivity index (χ4v) is 1.54. The highest BCUT2D eigenvalue weighted by atomic mass is 16.5. The fourth-order valence-electron chi connectivity index (χ4n) is 1.54. The van der Waals surface area contributed by atoms with Gasteiger partial charge >= 0.3 is 7.12 Å². The quantitative estimate of drug-likeness (QED) is 0.713. The van der Waals surface area contributed by atoms with E-state index < -0.39 is 18.3 Å². The summed E-state index contributed by atoms with van der Waals surface area (Å²) in [6.45, 7) is 8.29. The lowest BCUT2D eigenvalue weighted by atomic mass is 9.67. The van der Waals surface area contributed by atoms with Gasteiger partial charge in [-0.15, -0.1) is 0 Å². The molecule has 0 aromatic rings. The highest BCUT2D eigenvalue weighted by molar-refractivity contribution is 6.45. The number of hydrogen-bond donors (Lipinski definition) is 2. The highest BCUT2D eigenvalue weighted by Gasteiger charge is 2.41. The van der Waals surface area contributed by atoms with Crippen LogP contribution in [-0.4, -0.2) is 41.7 Å². The van der Waals surface area contributed by atoms with Crippen LogP contribution in [0.3, 0.4) is 0 Å². The third-order valence-electron chi connectivity index (χ3n) is 3.56. The normalized spacial score (nSPS) is 19.9. The minimum Gasteiger partial charge on any atom is -0.427 e. The van der Waals surface area contributed by atoms with Gasteiger partial charge < -0.3 is 19.5 Å². The third-order valence-corrected chi connectivity index (χ3v) is 3.56. The Bertz CT molecular complexity index is 219. The number of ether oxygens (including phenoxy) is 1. The second-order valence-electron chi connectivity index (χ2n) is 5.53. The van der Waals surface area contributed by atoms with Gasteiger partial charge in [0.25, 0.3) is 0 Å². The second-order valence-corrected chi connectivity index (χ2v) is 5.53. The molecule has 1 heterocycles. The number of rotatable bonds is 4. The SMILES string of the molecule is CC(C)(O)C(C)(C)OB(O)C1CCOCC1. The van der Waals surface area contributed by atoms with Gasteiger partial charge in [0.15, 0.2) is 0 Å². The maximum atomic E-state index is 9.98. The zero-order chi connectivity index (χ0) is 12.4. The van der Waals surface area contributed by atoms with E-state index in [1.54, 1.807) is 27.7 Å². The van der Waals surface area contributed by atoms with Crippen molar-refractivity contribution in [2.24, 2.45) is 0 Å². The van der Waals surface area contributed by atoms with Gasteiger partial charge in [-0.25, -0.2) is 0 Å². The molecule has 1 aliphatic heterocycles. The molecule has 0 aromatic heterocycles. The van der Waals surface area contributed by atoms with Gasteiger partial charge in [-0.05, 0) is 46.4 Å². The molecule has 4 nitrogen and oxygen atoms in total. The van der Waals surface area contributed by atoms with Crippen LogP contribution in [0.1, 0.15) is 40.5 Å². The molecule has 0 spiro atoms. The summed E-state index contributed by atoms with van der Waals surface area (Å²) < 4.78 is 10.8. The van der Waals surface area contributed by atoms with Gasteiger partial charge in [0.05, 0.1) is 11.2 Å². The summed E-state index contributed by atoms with van der Waals surface area (Å²) in [4.78, 5) is 0. The van der Waals surface area contributed by atoms with E-state index in [0.29, 0.717) is 13.2 Å². The third kappa shape index (κ3) is 3.45. The molecular formula is C11H23BO4.